The molecule has 0 bridgehead atoms. The fourth-order valence-electron chi connectivity index (χ4n) is 3.21. The molecular formula is C22H32N10O2. The fraction of sp³-hybridized carbons (Fsp3) is 0.364. The van der Waals surface area contributed by atoms with E-state index in [1.807, 2.05) is 51.3 Å². The summed E-state index contributed by atoms with van der Waals surface area (Å²) >= 11 is 0. The number of H-pyrrole nitrogens is 2. The van der Waals surface area contributed by atoms with Gasteiger partial charge in [0.15, 0.2) is 11.6 Å². The monoisotopic (exact) mass is 468 g/mol. The third kappa shape index (κ3) is 6.56. The van der Waals surface area contributed by atoms with Crippen molar-refractivity contribution in [2.24, 2.45) is 0 Å². The Morgan fingerprint density at radius 2 is 1.38 bits per heavy atom. The van der Waals surface area contributed by atoms with Crippen LogP contribution in [0.1, 0.15) is 0 Å². The number of nitrogens with zero attached hydrogens (tertiary/aromatic N) is 5. The second-order valence-electron chi connectivity index (χ2n) is 8.40. The molecule has 0 unspecified atom stereocenters. The van der Waals surface area contributed by atoms with Crippen molar-refractivity contribution in [3.8, 4) is 0 Å². The van der Waals surface area contributed by atoms with Crippen molar-refractivity contribution in [2.45, 2.75) is 0 Å². The standard InChI is InChI=1S/C11H15N5O2.C11H17N5/c1-15(2)6-5-12-11-9-7-8(16(17)18)3-4-10(9)13-14-11;1-16(2)6-5-13-11-9-7-8(12)3-4-10(9)14-15-11/h3-4,7H,5-6H2,1-2H3,(H2,12,13,14);3-4,7H,5-6,12H2,1-2H3,(H2,13,14,15). The number of nitro benzene ring substituents is 1. The van der Waals surface area contributed by atoms with Crippen LogP contribution >= 0.6 is 0 Å². The van der Waals surface area contributed by atoms with Gasteiger partial charge in [-0.25, -0.2) is 0 Å². The fourth-order valence-corrected chi connectivity index (χ4v) is 3.21. The number of aromatic amines is 2. The first kappa shape index (κ1) is 24.7. The number of likely N-dealkylation sites (N-methyl/N-ethyl adjacent to an activating group) is 2. The number of hydrogen-bond acceptors (Lipinski definition) is 9. The molecule has 0 amide bonds. The first-order valence-electron chi connectivity index (χ1n) is 10.9. The van der Waals surface area contributed by atoms with Gasteiger partial charge in [0.1, 0.15) is 0 Å². The molecule has 182 valence electrons. The van der Waals surface area contributed by atoms with E-state index in [-0.39, 0.29) is 5.69 Å². The predicted molar refractivity (Wildman–Crippen MR) is 137 cm³/mol. The molecule has 4 rings (SSSR count). The first-order chi connectivity index (χ1) is 16.2. The summed E-state index contributed by atoms with van der Waals surface area (Å²) in [6.07, 6.45) is 0. The molecule has 0 radical (unpaired) electrons. The molecule has 2 heterocycles. The number of anilines is 3. The van der Waals surface area contributed by atoms with Crippen LogP contribution in [0.3, 0.4) is 0 Å². The minimum Gasteiger partial charge on any atom is -0.399 e. The quantitative estimate of drug-likeness (QED) is 0.141. The number of hydrogen-bond donors (Lipinski definition) is 5. The van der Waals surface area contributed by atoms with E-state index in [4.69, 9.17) is 5.73 Å². The van der Waals surface area contributed by atoms with Gasteiger partial charge >= 0.3 is 0 Å². The van der Waals surface area contributed by atoms with Gasteiger partial charge in [0.2, 0.25) is 0 Å². The van der Waals surface area contributed by atoms with E-state index < -0.39 is 4.92 Å². The summed E-state index contributed by atoms with van der Waals surface area (Å²) in [6.45, 7) is 3.43. The van der Waals surface area contributed by atoms with E-state index in [1.54, 1.807) is 6.07 Å². The lowest BCUT2D eigenvalue weighted by atomic mass is 10.2. The number of benzene rings is 2. The highest BCUT2D eigenvalue weighted by Gasteiger charge is 2.11. The minimum atomic E-state index is -0.407. The number of non-ortho nitro benzene ring substituents is 1. The summed E-state index contributed by atoms with van der Waals surface area (Å²) in [6, 6.07) is 10.4. The normalized spacial score (nSPS) is 11.1. The molecule has 12 heteroatoms. The molecular weight excluding hydrogens is 436 g/mol. The largest absolute Gasteiger partial charge is 0.399 e. The Balaban J connectivity index is 0.000000192. The van der Waals surface area contributed by atoms with Crippen molar-refractivity contribution < 1.29 is 4.92 Å². The van der Waals surface area contributed by atoms with Crippen LogP contribution in [-0.2, 0) is 0 Å². The molecule has 2 aromatic carbocycles. The Labute approximate surface area is 197 Å². The van der Waals surface area contributed by atoms with Crippen molar-refractivity contribution in [3.05, 3.63) is 46.5 Å². The summed E-state index contributed by atoms with van der Waals surface area (Å²) in [7, 11) is 8.05. The van der Waals surface area contributed by atoms with Crippen LogP contribution in [0.5, 0.6) is 0 Å². The molecule has 0 aliphatic rings. The van der Waals surface area contributed by atoms with E-state index in [9.17, 15) is 10.1 Å². The van der Waals surface area contributed by atoms with Gasteiger partial charge in [-0.15, -0.1) is 0 Å². The van der Waals surface area contributed by atoms with Gasteiger partial charge in [-0.1, -0.05) is 0 Å². The van der Waals surface area contributed by atoms with Crippen LogP contribution in [0.2, 0.25) is 0 Å². The second-order valence-corrected chi connectivity index (χ2v) is 8.40. The maximum Gasteiger partial charge on any atom is 0.270 e. The molecule has 12 nitrogen and oxygen atoms in total. The van der Waals surface area contributed by atoms with Crippen molar-refractivity contribution >= 4 is 44.8 Å². The zero-order chi connectivity index (χ0) is 24.7. The third-order valence-corrected chi connectivity index (χ3v) is 5.05. The van der Waals surface area contributed by atoms with Gasteiger partial charge in [-0.05, 0) is 52.5 Å². The van der Waals surface area contributed by atoms with Crippen LogP contribution in [0, 0.1) is 10.1 Å². The van der Waals surface area contributed by atoms with Crippen LogP contribution in [0.4, 0.5) is 23.0 Å². The molecule has 0 saturated heterocycles. The van der Waals surface area contributed by atoms with Crippen molar-refractivity contribution in [1.29, 1.82) is 0 Å². The number of nitro groups is 1. The lowest BCUT2D eigenvalue weighted by Gasteiger charge is -2.09. The smallest absolute Gasteiger partial charge is 0.270 e. The van der Waals surface area contributed by atoms with Crippen LogP contribution in [0.25, 0.3) is 21.8 Å². The van der Waals surface area contributed by atoms with E-state index in [0.29, 0.717) is 5.82 Å². The van der Waals surface area contributed by atoms with Gasteiger partial charge < -0.3 is 26.2 Å². The zero-order valence-corrected chi connectivity index (χ0v) is 19.9. The molecule has 2 aromatic heterocycles. The summed E-state index contributed by atoms with van der Waals surface area (Å²) in [5, 5.41) is 33.1. The molecule has 0 fully saturated rings. The second kappa shape index (κ2) is 11.3. The van der Waals surface area contributed by atoms with Crippen LogP contribution in [0.15, 0.2) is 36.4 Å². The van der Waals surface area contributed by atoms with Crippen LogP contribution < -0.4 is 16.4 Å². The SMILES string of the molecule is CN(C)CCNc1n[nH]c2ccc(N)cc12.CN(C)CCNc1n[nH]c2ccc([N+](=O)[O-])cc12. The topological polar surface area (TPSA) is 157 Å². The van der Waals surface area contributed by atoms with E-state index in [0.717, 1.165) is 59.5 Å². The Morgan fingerprint density at radius 3 is 1.88 bits per heavy atom. The summed E-state index contributed by atoms with van der Waals surface area (Å²) in [5.74, 6) is 1.51. The summed E-state index contributed by atoms with van der Waals surface area (Å²) < 4.78 is 0. The number of rotatable bonds is 9. The highest BCUT2D eigenvalue weighted by Crippen LogP contribution is 2.25. The highest BCUT2D eigenvalue weighted by atomic mass is 16.6. The van der Waals surface area contributed by atoms with Gasteiger partial charge in [-0.2, -0.15) is 10.2 Å². The van der Waals surface area contributed by atoms with E-state index >= 15 is 0 Å². The Morgan fingerprint density at radius 1 is 0.882 bits per heavy atom. The van der Waals surface area contributed by atoms with Gasteiger partial charge in [0.05, 0.1) is 21.3 Å². The average molecular weight is 469 g/mol. The number of fused-ring (bicyclic) bond motifs is 2. The molecule has 6 N–H and O–H groups in total. The van der Waals surface area contributed by atoms with E-state index in [2.05, 4.69) is 35.9 Å². The van der Waals surface area contributed by atoms with Gasteiger partial charge in [0, 0.05) is 49.4 Å². The molecule has 0 spiro atoms. The number of nitrogens with one attached hydrogen (secondary N) is 4. The van der Waals surface area contributed by atoms with Gasteiger partial charge in [-0.3, -0.25) is 20.3 Å². The third-order valence-electron chi connectivity index (χ3n) is 5.05. The maximum atomic E-state index is 10.7. The average Bonchev–Trinajstić information content (AvgIpc) is 3.37. The van der Waals surface area contributed by atoms with Crippen molar-refractivity contribution in [2.75, 3.05) is 70.7 Å². The zero-order valence-electron chi connectivity index (χ0n) is 19.9. The number of aromatic nitrogens is 4. The Hall–Kier alpha value is -3.90. The van der Waals surface area contributed by atoms with Crippen molar-refractivity contribution in [3.63, 3.8) is 0 Å². The van der Waals surface area contributed by atoms with E-state index in [1.165, 1.54) is 12.1 Å². The maximum absolute atomic E-state index is 10.7. The Bertz CT molecular complexity index is 1230. The summed E-state index contributed by atoms with van der Waals surface area (Å²) in [5.41, 5.74) is 8.36. The lowest BCUT2D eigenvalue weighted by molar-refractivity contribution is -0.384. The lowest BCUT2D eigenvalue weighted by Crippen LogP contribution is -2.20. The molecule has 0 atom stereocenters. The number of nitrogens with two attached hydrogens (primary N) is 1. The van der Waals surface area contributed by atoms with Crippen LogP contribution in [-0.4, -0.2) is 89.5 Å². The van der Waals surface area contributed by atoms with Gasteiger partial charge in [0.25, 0.3) is 5.69 Å². The first-order valence-corrected chi connectivity index (χ1v) is 10.9. The number of nitrogen functional groups attached to an aromatic ring is 1. The Kier molecular flexibility index (Phi) is 8.22. The molecule has 0 aliphatic heterocycles. The molecule has 0 aliphatic carbocycles. The highest BCUT2D eigenvalue weighted by molar-refractivity contribution is 5.92. The predicted octanol–water partition coefficient (Wildman–Crippen LogP) is 2.56. The molecule has 4 aromatic rings. The summed E-state index contributed by atoms with van der Waals surface area (Å²) in [4.78, 5) is 14.5. The molecule has 34 heavy (non-hydrogen) atoms. The van der Waals surface area contributed by atoms with Crippen molar-refractivity contribution in [1.82, 2.24) is 30.2 Å². The molecule has 0 saturated carbocycles. The minimum absolute atomic E-state index is 0.0690.